The standard InChI is InChI=1S/C7H10F6/c1-2-4(8)5(9)3-7(12,13)6(10)11/h4-6H,2-3H2,1H3/t4?,5-/m0/s1. The predicted octanol–water partition coefficient (Wildman–Crippen LogP) is 3.36. The van der Waals surface area contributed by atoms with Crippen molar-refractivity contribution in [3.05, 3.63) is 0 Å². The monoisotopic (exact) mass is 208 g/mol. The summed E-state index contributed by atoms with van der Waals surface area (Å²) in [5, 5.41) is 0. The molecule has 1 unspecified atom stereocenters. The van der Waals surface area contributed by atoms with Crippen molar-refractivity contribution in [3.63, 3.8) is 0 Å². The van der Waals surface area contributed by atoms with Gasteiger partial charge in [-0.1, -0.05) is 6.92 Å². The molecule has 0 saturated carbocycles. The summed E-state index contributed by atoms with van der Waals surface area (Å²) in [7, 11) is 0. The minimum absolute atomic E-state index is 0.305. The van der Waals surface area contributed by atoms with Crippen LogP contribution in [0.5, 0.6) is 0 Å². The number of hydrogen-bond acceptors (Lipinski definition) is 0. The van der Waals surface area contributed by atoms with Gasteiger partial charge in [0, 0.05) is 0 Å². The highest BCUT2D eigenvalue weighted by molar-refractivity contribution is 4.78. The van der Waals surface area contributed by atoms with Crippen LogP contribution in [0.1, 0.15) is 19.8 Å². The first-order valence-corrected chi connectivity index (χ1v) is 3.75. The van der Waals surface area contributed by atoms with Crippen molar-refractivity contribution in [2.45, 2.75) is 44.5 Å². The Morgan fingerprint density at radius 3 is 1.77 bits per heavy atom. The van der Waals surface area contributed by atoms with Crippen molar-refractivity contribution < 1.29 is 26.3 Å². The summed E-state index contributed by atoms with van der Waals surface area (Å²) in [4.78, 5) is 0. The Morgan fingerprint density at radius 1 is 1.00 bits per heavy atom. The molecule has 0 heterocycles. The maximum atomic E-state index is 12.5. The first-order chi connectivity index (χ1) is 5.81. The molecule has 0 nitrogen and oxygen atoms in total. The lowest BCUT2D eigenvalue weighted by Gasteiger charge is -2.19. The quantitative estimate of drug-likeness (QED) is 0.607. The van der Waals surface area contributed by atoms with Crippen molar-refractivity contribution in [1.29, 1.82) is 0 Å². The molecule has 0 aliphatic rings. The van der Waals surface area contributed by atoms with Gasteiger partial charge in [-0.05, 0) is 6.42 Å². The van der Waals surface area contributed by atoms with Crippen LogP contribution in [0.25, 0.3) is 0 Å². The second-order valence-corrected chi connectivity index (χ2v) is 2.71. The molecule has 0 aliphatic heterocycles. The van der Waals surface area contributed by atoms with Crippen molar-refractivity contribution >= 4 is 0 Å². The lowest BCUT2D eigenvalue weighted by Crippen LogP contribution is -2.33. The highest BCUT2D eigenvalue weighted by atomic mass is 19.3. The van der Waals surface area contributed by atoms with E-state index in [1.807, 2.05) is 0 Å². The van der Waals surface area contributed by atoms with Crippen LogP contribution in [-0.4, -0.2) is 24.7 Å². The van der Waals surface area contributed by atoms with E-state index in [9.17, 15) is 26.3 Å². The van der Waals surface area contributed by atoms with Crippen LogP contribution >= 0.6 is 0 Å². The molecule has 0 aromatic rings. The zero-order valence-corrected chi connectivity index (χ0v) is 6.91. The summed E-state index contributed by atoms with van der Waals surface area (Å²) in [6.07, 6.45) is -10.7. The highest BCUT2D eigenvalue weighted by Gasteiger charge is 2.44. The Kier molecular flexibility index (Phi) is 4.56. The third kappa shape index (κ3) is 3.87. The fraction of sp³-hybridized carbons (Fsp3) is 1.00. The smallest absolute Gasteiger partial charge is 0.244 e. The zero-order valence-electron chi connectivity index (χ0n) is 6.91. The fourth-order valence-corrected chi connectivity index (χ4v) is 0.733. The summed E-state index contributed by atoms with van der Waals surface area (Å²) >= 11 is 0. The van der Waals surface area contributed by atoms with Gasteiger partial charge in [0.25, 0.3) is 0 Å². The molecule has 80 valence electrons. The zero-order chi connectivity index (χ0) is 10.6. The highest BCUT2D eigenvalue weighted by Crippen LogP contribution is 2.30. The summed E-state index contributed by atoms with van der Waals surface area (Å²) in [5.74, 6) is -4.45. The molecule has 2 atom stereocenters. The number of halogens is 6. The summed E-state index contributed by atoms with van der Waals surface area (Å²) < 4.78 is 72.1. The minimum atomic E-state index is -4.45. The van der Waals surface area contributed by atoms with Crippen molar-refractivity contribution in [1.82, 2.24) is 0 Å². The van der Waals surface area contributed by atoms with Crippen molar-refractivity contribution in [2.24, 2.45) is 0 Å². The predicted molar refractivity (Wildman–Crippen MR) is 35.7 cm³/mol. The van der Waals surface area contributed by atoms with Crippen LogP contribution in [0.2, 0.25) is 0 Å². The van der Waals surface area contributed by atoms with E-state index in [0.717, 1.165) is 0 Å². The molecule has 13 heavy (non-hydrogen) atoms. The van der Waals surface area contributed by atoms with Crippen LogP contribution in [0, 0.1) is 0 Å². The Labute approximate surface area is 71.9 Å². The molecule has 0 fully saturated rings. The lowest BCUT2D eigenvalue weighted by molar-refractivity contribution is -0.146. The fourth-order valence-electron chi connectivity index (χ4n) is 0.733. The van der Waals surface area contributed by atoms with Gasteiger partial charge in [-0.3, -0.25) is 0 Å². The Hall–Kier alpha value is -0.420. The normalized spacial score (nSPS) is 17.5. The Balaban J connectivity index is 4.11. The van der Waals surface area contributed by atoms with Gasteiger partial charge in [-0.25, -0.2) is 26.3 Å². The third-order valence-corrected chi connectivity index (χ3v) is 1.57. The van der Waals surface area contributed by atoms with Gasteiger partial charge in [0.05, 0.1) is 6.42 Å². The lowest BCUT2D eigenvalue weighted by atomic mass is 10.1. The van der Waals surface area contributed by atoms with Gasteiger partial charge in [-0.2, -0.15) is 0 Å². The average molecular weight is 208 g/mol. The third-order valence-electron chi connectivity index (χ3n) is 1.57. The molecule has 6 heteroatoms. The van der Waals surface area contributed by atoms with E-state index >= 15 is 0 Å². The molecule has 0 spiro atoms. The molecule has 0 aromatic heterocycles. The van der Waals surface area contributed by atoms with E-state index in [2.05, 4.69) is 0 Å². The maximum absolute atomic E-state index is 12.5. The first-order valence-electron chi connectivity index (χ1n) is 3.75. The largest absolute Gasteiger partial charge is 0.310 e. The van der Waals surface area contributed by atoms with Crippen LogP contribution < -0.4 is 0 Å². The summed E-state index contributed by atoms with van der Waals surface area (Å²) in [6.45, 7) is 1.25. The number of rotatable bonds is 5. The molecule has 0 aliphatic carbocycles. The number of alkyl halides is 6. The molecule has 0 rings (SSSR count). The van der Waals surface area contributed by atoms with Gasteiger partial charge >= 0.3 is 12.3 Å². The molecule has 0 aromatic carbocycles. The van der Waals surface area contributed by atoms with Gasteiger partial charge < -0.3 is 0 Å². The molecule has 0 amide bonds. The second-order valence-electron chi connectivity index (χ2n) is 2.71. The molecular formula is C7H10F6. The number of hydrogen-bond donors (Lipinski definition) is 0. The van der Waals surface area contributed by atoms with Crippen LogP contribution in [0.3, 0.4) is 0 Å². The van der Waals surface area contributed by atoms with E-state index in [-0.39, 0.29) is 6.42 Å². The van der Waals surface area contributed by atoms with E-state index in [1.165, 1.54) is 6.92 Å². The van der Waals surface area contributed by atoms with Crippen LogP contribution in [-0.2, 0) is 0 Å². The van der Waals surface area contributed by atoms with Gasteiger partial charge in [0.1, 0.15) is 12.3 Å². The van der Waals surface area contributed by atoms with E-state index < -0.39 is 31.1 Å². The Morgan fingerprint density at radius 2 is 1.46 bits per heavy atom. The first kappa shape index (κ1) is 12.6. The molecule has 0 N–H and O–H groups in total. The minimum Gasteiger partial charge on any atom is -0.244 e. The molecule has 0 bridgehead atoms. The maximum Gasteiger partial charge on any atom is 0.310 e. The van der Waals surface area contributed by atoms with Crippen LogP contribution in [0.4, 0.5) is 26.3 Å². The van der Waals surface area contributed by atoms with E-state index in [4.69, 9.17) is 0 Å². The van der Waals surface area contributed by atoms with Crippen LogP contribution in [0.15, 0.2) is 0 Å². The Bertz CT molecular complexity index is 146. The topological polar surface area (TPSA) is 0 Å². The SMILES string of the molecule is CCC(F)[C@@H](F)CC(F)(F)C(F)F. The van der Waals surface area contributed by atoms with Crippen molar-refractivity contribution in [3.8, 4) is 0 Å². The average Bonchev–Trinajstić information content (AvgIpc) is 2.01. The van der Waals surface area contributed by atoms with Gasteiger partial charge in [0.2, 0.25) is 0 Å². The van der Waals surface area contributed by atoms with Gasteiger partial charge in [0.15, 0.2) is 0 Å². The summed E-state index contributed by atoms with van der Waals surface area (Å²) in [6, 6.07) is 0. The molecular weight excluding hydrogens is 198 g/mol. The van der Waals surface area contributed by atoms with Crippen molar-refractivity contribution in [2.75, 3.05) is 0 Å². The summed E-state index contributed by atoms with van der Waals surface area (Å²) in [5.41, 5.74) is 0. The van der Waals surface area contributed by atoms with E-state index in [0.29, 0.717) is 0 Å². The van der Waals surface area contributed by atoms with E-state index in [1.54, 1.807) is 0 Å². The molecule has 0 saturated heterocycles. The second kappa shape index (κ2) is 4.72. The van der Waals surface area contributed by atoms with Gasteiger partial charge in [-0.15, -0.1) is 0 Å². The molecule has 0 radical (unpaired) electrons.